The minimum absolute atomic E-state index is 0.0267. The van der Waals surface area contributed by atoms with Gasteiger partial charge >= 0.3 is 30.0 Å². The predicted molar refractivity (Wildman–Crippen MR) is 173 cm³/mol. The first kappa shape index (κ1) is 42.1. The second kappa shape index (κ2) is 19.0. The summed E-state index contributed by atoms with van der Waals surface area (Å²) in [4.78, 5) is 25.1. The van der Waals surface area contributed by atoms with Crippen LogP contribution in [0.4, 0.5) is 39.5 Å². The van der Waals surface area contributed by atoms with Crippen molar-refractivity contribution >= 4 is 11.9 Å². The van der Waals surface area contributed by atoms with Crippen LogP contribution in [0.15, 0.2) is 60.7 Å². The third-order valence-corrected chi connectivity index (χ3v) is 7.85. The lowest BCUT2D eigenvalue weighted by Crippen LogP contribution is -2.54. The first-order valence-corrected chi connectivity index (χ1v) is 16.6. The molecule has 1 atom stereocenters. The predicted octanol–water partition coefficient (Wildman–Crippen LogP) is 10.8. The maximum atomic E-state index is 14.7. The van der Waals surface area contributed by atoms with Gasteiger partial charge in [0.2, 0.25) is 5.82 Å². The molecule has 0 N–H and O–H groups in total. The molecule has 15 heteroatoms. The number of benzene rings is 3. The Morgan fingerprint density at radius 1 is 0.692 bits per heavy atom. The fourth-order valence-corrected chi connectivity index (χ4v) is 4.81. The highest BCUT2D eigenvalue weighted by Crippen LogP contribution is 2.46. The molecule has 0 amide bonds. The van der Waals surface area contributed by atoms with Crippen molar-refractivity contribution in [1.29, 1.82) is 0 Å². The van der Waals surface area contributed by atoms with Crippen molar-refractivity contribution in [3.63, 3.8) is 0 Å². The number of hydrogen-bond acceptors (Lipinski definition) is 6. The highest BCUT2D eigenvalue weighted by molar-refractivity contribution is 5.92. The second-order valence-corrected chi connectivity index (χ2v) is 12.0. The number of carbonyl (C=O) groups excluding carboxylic acids is 2. The van der Waals surface area contributed by atoms with Gasteiger partial charge in [-0.3, -0.25) is 0 Å². The van der Waals surface area contributed by atoms with Gasteiger partial charge in [-0.25, -0.2) is 14.0 Å². The number of alkyl halides is 7. The summed E-state index contributed by atoms with van der Waals surface area (Å²) in [5.41, 5.74) is 1.18. The van der Waals surface area contributed by atoms with Gasteiger partial charge in [0, 0.05) is 6.61 Å². The molecule has 0 spiro atoms. The Morgan fingerprint density at radius 2 is 1.29 bits per heavy atom. The largest absolute Gasteiger partial charge is 0.490 e. The SMILES string of the molecule is CCCCCC[C@H](C)OC(=O)c1ccc(-c2ccc(OC(=O)c3ccc(OCCCCCOCC(F)(F)C(F)(F)C(F)(F)F)c(F)c3F)cc2)cc1. The molecule has 0 heterocycles. The van der Waals surface area contributed by atoms with Gasteiger partial charge in [0.05, 0.1) is 23.8 Å². The van der Waals surface area contributed by atoms with E-state index in [0.717, 1.165) is 55.4 Å². The number of esters is 2. The molecule has 0 radical (unpaired) electrons. The van der Waals surface area contributed by atoms with Gasteiger partial charge in [0.15, 0.2) is 11.6 Å². The van der Waals surface area contributed by atoms with Crippen molar-refractivity contribution in [3.05, 3.63) is 83.4 Å². The van der Waals surface area contributed by atoms with Gasteiger partial charge in [-0.05, 0) is 86.6 Å². The third-order valence-electron chi connectivity index (χ3n) is 7.85. The second-order valence-electron chi connectivity index (χ2n) is 12.0. The number of rotatable bonds is 20. The molecule has 3 rings (SSSR count). The highest BCUT2D eigenvalue weighted by Gasteiger charge is 2.73. The smallest absolute Gasteiger partial charge is 0.459 e. The van der Waals surface area contributed by atoms with Crippen LogP contribution in [0, 0.1) is 11.6 Å². The minimum Gasteiger partial charge on any atom is -0.490 e. The molecule has 3 aromatic carbocycles. The van der Waals surface area contributed by atoms with Crippen LogP contribution in [0.2, 0.25) is 0 Å². The van der Waals surface area contributed by atoms with Crippen LogP contribution < -0.4 is 9.47 Å². The van der Waals surface area contributed by atoms with Crippen molar-refractivity contribution in [2.24, 2.45) is 0 Å². The molecule has 52 heavy (non-hydrogen) atoms. The zero-order valence-corrected chi connectivity index (χ0v) is 28.5. The van der Waals surface area contributed by atoms with E-state index in [9.17, 15) is 49.1 Å². The quantitative estimate of drug-likeness (QED) is 0.0496. The zero-order valence-electron chi connectivity index (χ0n) is 28.5. The summed E-state index contributed by atoms with van der Waals surface area (Å²) in [5.74, 6) is -16.8. The van der Waals surface area contributed by atoms with Crippen molar-refractivity contribution in [3.8, 4) is 22.6 Å². The van der Waals surface area contributed by atoms with E-state index in [-0.39, 0.29) is 37.7 Å². The van der Waals surface area contributed by atoms with E-state index < -0.39 is 66.1 Å². The topological polar surface area (TPSA) is 71.1 Å². The van der Waals surface area contributed by atoms with Crippen LogP contribution >= 0.6 is 0 Å². The van der Waals surface area contributed by atoms with Crippen molar-refractivity contribution in [2.45, 2.75) is 89.3 Å². The average molecular weight is 751 g/mol. The van der Waals surface area contributed by atoms with E-state index in [1.54, 1.807) is 36.4 Å². The molecular weight excluding hydrogens is 711 g/mol. The first-order chi connectivity index (χ1) is 24.5. The Balaban J connectivity index is 1.44. The van der Waals surface area contributed by atoms with E-state index in [1.807, 2.05) is 6.92 Å². The number of hydrogen-bond donors (Lipinski definition) is 0. The molecule has 0 unspecified atom stereocenters. The van der Waals surface area contributed by atoms with Crippen LogP contribution in [-0.4, -0.2) is 55.9 Å². The van der Waals surface area contributed by atoms with Crippen LogP contribution in [0.25, 0.3) is 11.1 Å². The Bertz CT molecular complexity index is 1590. The van der Waals surface area contributed by atoms with Crippen molar-refractivity contribution < 1.29 is 68.1 Å². The molecule has 0 aliphatic rings. The number of unbranched alkanes of at least 4 members (excludes halogenated alkanes) is 5. The first-order valence-electron chi connectivity index (χ1n) is 16.6. The molecule has 0 bridgehead atoms. The van der Waals surface area contributed by atoms with Crippen molar-refractivity contribution in [1.82, 2.24) is 0 Å². The van der Waals surface area contributed by atoms with Crippen LogP contribution in [0.1, 0.15) is 85.9 Å². The molecule has 0 aromatic heterocycles. The summed E-state index contributed by atoms with van der Waals surface area (Å²) < 4.78 is 138. The Labute approximate surface area is 295 Å². The van der Waals surface area contributed by atoms with E-state index in [4.69, 9.17) is 14.2 Å². The summed E-state index contributed by atoms with van der Waals surface area (Å²) in [5, 5.41) is 0. The van der Waals surface area contributed by atoms with Crippen molar-refractivity contribution in [2.75, 3.05) is 19.8 Å². The van der Waals surface area contributed by atoms with Crippen LogP contribution in [0.5, 0.6) is 11.5 Å². The fraction of sp³-hybridized carbons (Fsp3) is 0.459. The molecule has 6 nitrogen and oxygen atoms in total. The van der Waals surface area contributed by atoms with E-state index in [1.165, 1.54) is 12.1 Å². The molecule has 0 aliphatic carbocycles. The van der Waals surface area contributed by atoms with E-state index in [2.05, 4.69) is 11.7 Å². The van der Waals surface area contributed by atoms with E-state index >= 15 is 0 Å². The van der Waals surface area contributed by atoms with Gasteiger partial charge in [0.1, 0.15) is 12.4 Å². The maximum Gasteiger partial charge on any atom is 0.459 e. The van der Waals surface area contributed by atoms with Gasteiger partial charge in [0.25, 0.3) is 0 Å². The minimum atomic E-state index is -6.45. The summed E-state index contributed by atoms with van der Waals surface area (Å²) in [7, 11) is 0. The number of carbonyl (C=O) groups is 2. The lowest BCUT2D eigenvalue weighted by atomic mass is 10.0. The Kier molecular flexibility index (Phi) is 15.4. The molecule has 3 aromatic rings. The highest BCUT2D eigenvalue weighted by atomic mass is 19.4. The number of halogens is 9. The fourth-order valence-electron chi connectivity index (χ4n) is 4.81. The Morgan fingerprint density at radius 3 is 1.90 bits per heavy atom. The van der Waals surface area contributed by atoms with Gasteiger partial charge < -0.3 is 18.9 Å². The number of ether oxygens (including phenoxy) is 4. The lowest BCUT2D eigenvalue weighted by Gasteiger charge is -2.27. The molecular formula is C37H39F9O6. The average Bonchev–Trinajstić information content (AvgIpc) is 3.09. The van der Waals surface area contributed by atoms with Gasteiger partial charge in [-0.1, -0.05) is 50.5 Å². The standard InChI is InChI=1S/C37H39F9O6/c1-3-4-5-7-10-24(2)51-33(47)27-13-11-25(12-14-27)26-15-17-28(18-16-26)52-34(48)29-19-20-30(32(39)31(29)38)50-22-9-6-8-21-49-23-35(40,41)36(42,43)37(44,45)46/h11-20,24H,3-10,21-23H2,1-2H3/t24-/m0/s1. The molecule has 0 saturated heterocycles. The lowest BCUT2D eigenvalue weighted by molar-refractivity contribution is -0.361. The molecule has 0 fully saturated rings. The third kappa shape index (κ3) is 11.6. The van der Waals surface area contributed by atoms with Crippen LogP contribution in [0.3, 0.4) is 0 Å². The summed E-state index contributed by atoms with van der Waals surface area (Å²) in [6.45, 7) is 1.08. The van der Waals surface area contributed by atoms with Crippen LogP contribution in [-0.2, 0) is 9.47 Å². The van der Waals surface area contributed by atoms with E-state index in [0.29, 0.717) is 5.56 Å². The molecule has 0 aliphatic heterocycles. The molecule has 0 saturated carbocycles. The summed E-state index contributed by atoms with van der Waals surface area (Å²) in [6, 6.07) is 14.9. The van der Waals surface area contributed by atoms with Gasteiger partial charge in [-0.2, -0.15) is 35.1 Å². The normalized spacial score (nSPS) is 12.8. The van der Waals surface area contributed by atoms with Gasteiger partial charge in [-0.15, -0.1) is 0 Å². The Hall–Kier alpha value is -4.27. The summed E-state index contributed by atoms with van der Waals surface area (Å²) in [6.07, 6.45) is -1.23. The molecule has 286 valence electrons. The monoisotopic (exact) mass is 750 g/mol. The summed E-state index contributed by atoms with van der Waals surface area (Å²) >= 11 is 0. The maximum absolute atomic E-state index is 14.7. The zero-order chi connectivity index (χ0) is 38.5.